The zero-order valence-electron chi connectivity index (χ0n) is 23.1. The van der Waals surface area contributed by atoms with Gasteiger partial charge in [0.15, 0.2) is 0 Å². The van der Waals surface area contributed by atoms with Crippen LogP contribution in [0.2, 0.25) is 0 Å². The van der Waals surface area contributed by atoms with Crippen LogP contribution < -0.4 is 10.6 Å². The Kier molecular flexibility index (Phi) is 7.50. The molecule has 6 heteroatoms. The Bertz CT molecular complexity index is 1480. The normalized spacial score (nSPS) is 20.4. The number of fused-ring (bicyclic) bond motifs is 1. The third-order valence-electron chi connectivity index (χ3n) is 9.01. The van der Waals surface area contributed by atoms with Gasteiger partial charge in [0.25, 0.3) is 5.91 Å². The molecular formula is C34H37FN4O. The summed E-state index contributed by atoms with van der Waals surface area (Å²) >= 11 is 0. The monoisotopic (exact) mass is 536 g/mol. The standard InChI is InChI=1S/C34H37FN4O/c1-23-11-17-28(18-12-23)38-33-37-22-30(32(40)36-21-25-9-6-8-24-7-2-3-10-29(24)25)31(39-33)34(19-4-5-20-34)26-13-15-27(35)16-14-26/h2-3,6-10,13-16,22-23,28H,4-5,11-12,17-21H2,1H3,(H,36,40)(H,37,38,39). The van der Waals surface area contributed by atoms with E-state index in [4.69, 9.17) is 4.98 Å². The zero-order valence-corrected chi connectivity index (χ0v) is 23.1. The molecule has 2 N–H and O–H groups in total. The molecule has 6 rings (SSSR count). The summed E-state index contributed by atoms with van der Waals surface area (Å²) in [6.07, 6.45) is 10.0. The van der Waals surface area contributed by atoms with E-state index in [1.807, 2.05) is 30.3 Å². The molecule has 1 amide bonds. The summed E-state index contributed by atoms with van der Waals surface area (Å²) < 4.78 is 13.9. The topological polar surface area (TPSA) is 66.9 Å². The van der Waals surface area contributed by atoms with Gasteiger partial charge >= 0.3 is 0 Å². The predicted octanol–water partition coefficient (Wildman–Crippen LogP) is 7.55. The second kappa shape index (κ2) is 11.4. The number of nitrogens with one attached hydrogen (secondary N) is 2. The number of carbonyl (C=O) groups is 1. The van der Waals surface area contributed by atoms with Crippen LogP contribution in [0.1, 0.15) is 85.5 Å². The first-order valence-corrected chi connectivity index (χ1v) is 14.7. The lowest BCUT2D eigenvalue weighted by Gasteiger charge is -2.32. The molecule has 0 spiro atoms. The fourth-order valence-corrected chi connectivity index (χ4v) is 6.70. The Morgan fingerprint density at radius 1 is 0.950 bits per heavy atom. The molecule has 1 heterocycles. The molecule has 0 bridgehead atoms. The SMILES string of the molecule is CC1CCC(Nc2ncc(C(=O)NCc3cccc4ccccc34)c(C3(c4ccc(F)cc4)CCCC3)n2)CC1. The number of carbonyl (C=O) groups excluding carboxylic acids is 1. The van der Waals surface area contributed by atoms with Gasteiger partial charge in [-0.15, -0.1) is 0 Å². The van der Waals surface area contributed by atoms with Gasteiger partial charge in [-0.1, -0.05) is 74.4 Å². The number of rotatable bonds is 7. The molecule has 0 radical (unpaired) electrons. The van der Waals surface area contributed by atoms with Crippen LogP contribution in [-0.4, -0.2) is 21.9 Å². The predicted molar refractivity (Wildman–Crippen MR) is 158 cm³/mol. The van der Waals surface area contributed by atoms with Crippen LogP contribution in [0.4, 0.5) is 10.3 Å². The van der Waals surface area contributed by atoms with Crippen molar-refractivity contribution >= 4 is 22.6 Å². The van der Waals surface area contributed by atoms with Crippen molar-refractivity contribution in [2.45, 2.75) is 76.3 Å². The number of nitrogens with zero attached hydrogens (tertiary/aromatic N) is 2. The third-order valence-corrected chi connectivity index (χ3v) is 9.01. The Morgan fingerprint density at radius 3 is 2.45 bits per heavy atom. The van der Waals surface area contributed by atoms with E-state index in [0.29, 0.717) is 24.1 Å². The quantitative estimate of drug-likeness (QED) is 0.256. The van der Waals surface area contributed by atoms with Gasteiger partial charge in [0.1, 0.15) is 5.82 Å². The van der Waals surface area contributed by atoms with Gasteiger partial charge in [0.2, 0.25) is 5.95 Å². The Morgan fingerprint density at radius 2 is 1.68 bits per heavy atom. The second-order valence-corrected chi connectivity index (χ2v) is 11.7. The van der Waals surface area contributed by atoms with Crippen LogP contribution in [0, 0.1) is 11.7 Å². The molecule has 5 nitrogen and oxygen atoms in total. The lowest BCUT2D eigenvalue weighted by atomic mass is 9.74. The van der Waals surface area contributed by atoms with Gasteiger partial charge in [-0.2, -0.15) is 0 Å². The molecule has 4 aromatic rings. The van der Waals surface area contributed by atoms with Gasteiger partial charge in [0.05, 0.1) is 11.3 Å². The van der Waals surface area contributed by atoms with E-state index in [0.717, 1.165) is 72.0 Å². The molecule has 206 valence electrons. The second-order valence-electron chi connectivity index (χ2n) is 11.7. The van der Waals surface area contributed by atoms with Gasteiger partial charge < -0.3 is 10.6 Å². The van der Waals surface area contributed by atoms with Gasteiger partial charge in [-0.05, 0) is 78.5 Å². The molecular weight excluding hydrogens is 499 g/mol. The van der Waals surface area contributed by atoms with Crippen molar-refractivity contribution in [1.82, 2.24) is 15.3 Å². The highest BCUT2D eigenvalue weighted by Gasteiger charge is 2.42. The summed E-state index contributed by atoms with van der Waals surface area (Å²) in [5, 5.41) is 9.00. The summed E-state index contributed by atoms with van der Waals surface area (Å²) in [5.74, 6) is 0.881. The van der Waals surface area contributed by atoms with Crippen LogP contribution in [-0.2, 0) is 12.0 Å². The van der Waals surface area contributed by atoms with Crippen molar-refractivity contribution in [2.24, 2.45) is 5.92 Å². The van der Waals surface area contributed by atoms with E-state index in [2.05, 4.69) is 46.8 Å². The summed E-state index contributed by atoms with van der Waals surface area (Å²) in [6, 6.07) is 21.4. The van der Waals surface area contributed by atoms with Crippen LogP contribution in [0.3, 0.4) is 0 Å². The lowest BCUT2D eigenvalue weighted by molar-refractivity contribution is 0.0948. The molecule has 0 atom stereocenters. The Labute approximate surface area is 235 Å². The lowest BCUT2D eigenvalue weighted by Crippen LogP contribution is -2.33. The third kappa shape index (κ3) is 5.32. The number of aromatic nitrogens is 2. The summed E-state index contributed by atoms with van der Waals surface area (Å²) in [4.78, 5) is 23.6. The van der Waals surface area contributed by atoms with E-state index in [1.165, 1.54) is 25.0 Å². The first-order chi connectivity index (χ1) is 19.5. The van der Waals surface area contributed by atoms with Gasteiger partial charge in [-0.3, -0.25) is 4.79 Å². The number of benzene rings is 3. The van der Waals surface area contributed by atoms with Crippen molar-refractivity contribution < 1.29 is 9.18 Å². The van der Waals surface area contributed by atoms with Crippen LogP contribution >= 0.6 is 0 Å². The number of hydrogen-bond acceptors (Lipinski definition) is 4. The average molecular weight is 537 g/mol. The fourth-order valence-electron chi connectivity index (χ4n) is 6.70. The number of halogens is 1. The largest absolute Gasteiger partial charge is 0.351 e. The first-order valence-electron chi connectivity index (χ1n) is 14.7. The molecule has 2 saturated carbocycles. The molecule has 3 aromatic carbocycles. The highest BCUT2D eigenvalue weighted by atomic mass is 19.1. The van der Waals surface area contributed by atoms with E-state index in [9.17, 15) is 9.18 Å². The molecule has 0 aliphatic heterocycles. The van der Waals surface area contributed by atoms with Crippen LogP contribution in [0.25, 0.3) is 10.8 Å². The van der Waals surface area contributed by atoms with Crippen LogP contribution in [0.5, 0.6) is 0 Å². The summed E-state index contributed by atoms with van der Waals surface area (Å²) in [7, 11) is 0. The zero-order chi connectivity index (χ0) is 27.5. The highest BCUT2D eigenvalue weighted by molar-refractivity contribution is 5.96. The molecule has 2 fully saturated rings. The number of anilines is 1. The van der Waals surface area contributed by atoms with E-state index in [-0.39, 0.29) is 11.7 Å². The maximum absolute atomic E-state index is 13.9. The molecule has 2 aliphatic rings. The molecule has 40 heavy (non-hydrogen) atoms. The minimum absolute atomic E-state index is 0.186. The smallest absolute Gasteiger partial charge is 0.255 e. The first kappa shape index (κ1) is 26.4. The molecule has 1 aromatic heterocycles. The Balaban J connectivity index is 1.35. The maximum Gasteiger partial charge on any atom is 0.255 e. The van der Waals surface area contributed by atoms with E-state index >= 15 is 0 Å². The molecule has 0 unspecified atom stereocenters. The molecule has 0 saturated heterocycles. The van der Waals surface area contributed by atoms with Gasteiger partial charge in [0, 0.05) is 24.2 Å². The van der Waals surface area contributed by atoms with E-state index in [1.54, 1.807) is 6.20 Å². The van der Waals surface area contributed by atoms with E-state index < -0.39 is 5.41 Å². The van der Waals surface area contributed by atoms with Crippen molar-refractivity contribution in [1.29, 1.82) is 0 Å². The highest BCUT2D eigenvalue weighted by Crippen LogP contribution is 2.47. The number of hydrogen-bond donors (Lipinski definition) is 2. The summed E-state index contributed by atoms with van der Waals surface area (Å²) in [5.41, 5.74) is 2.85. The minimum Gasteiger partial charge on any atom is -0.351 e. The Hall–Kier alpha value is -3.80. The average Bonchev–Trinajstić information content (AvgIpc) is 3.48. The maximum atomic E-state index is 13.9. The van der Waals surface area contributed by atoms with Crippen molar-refractivity contribution in [3.8, 4) is 0 Å². The van der Waals surface area contributed by atoms with Crippen LogP contribution in [0.15, 0.2) is 72.9 Å². The van der Waals surface area contributed by atoms with Crippen molar-refractivity contribution in [3.05, 3.63) is 101 Å². The fraction of sp³-hybridized carbons (Fsp3) is 0.382. The van der Waals surface area contributed by atoms with Gasteiger partial charge in [-0.25, -0.2) is 14.4 Å². The molecule has 2 aliphatic carbocycles. The summed E-state index contributed by atoms with van der Waals surface area (Å²) in [6.45, 7) is 2.71. The van der Waals surface area contributed by atoms with Crippen molar-refractivity contribution in [2.75, 3.05) is 5.32 Å². The number of amides is 1. The van der Waals surface area contributed by atoms with Crippen molar-refractivity contribution in [3.63, 3.8) is 0 Å². The minimum atomic E-state index is -0.458.